The molecule has 1 N–H and O–H groups in total. The second-order valence-corrected chi connectivity index (χ2v) is 4.46. The molecule has 126 valence electrons. The molecule has 0 saturated heterocycles. The first kappa shape index (κ1) is 22.6. The molecule has 0 radical (unpaired) electrons. The Morgan fingerprint density at radius 3 is 2.23 bits per heavy atom. The van der Waals surface area contributed by atoms with E-state index in [1.54, 1.807) is 6.92 Å². The maximum atomic E-state index is 12.1. The highest BCUT2D eigenvalue weighted by Gasteiger charge is 2.13. The van der Waals surface area contributed by atoms with E-state index in [2.05, 4.69) is 42.4 Å². The van der Waals surface area contributed by atoms with Crippen LogP contribution in [0.2, 0.25) is 0 Å². The van der Waals surface area contributed by atoms with Crippen molar-refractivity contribution in [2.24, 2.45) is 4.99 Å². The summed E-state index contributed by atoms with van der Waals surface area (Å²) in [5, 5.41) is 3.27. The molecule has 0 saturated carbocycles. The smallest absolute Gasteiger partial charge is 0.191 e. The van der Waals surface area contributed by atoms with Crippen LogP contribution in [0.5, 0.6) is 0 Å². The summed E-state index contributed by atoms with van der Waals surface area (Å²) < 4.78 is 0. The minimum absolute atomic E-state index is 0.110. The lowest BCUT2D eigenvalue weighted by Crippen LogP contribution is -2.32. The topological polar surface area (TPSA) is 44.7 Å². The number of aliphatic imine (C=N–C) groups is 1. The van der Waals surface area contributed by atoms with E-state index in [4.69, 9.17) is 0 Å². The fraction of sp³-hybridized carbons (Fsp3) is 0.556. The number of rotatable bonds is 10. The van der Waals surface area contributed by atoms with E-state index in [-0.39, 0.29) is 5.78 Å². The van der Waals surface area contributed by atoms with Crippen LogP contribution in [-0.4, -0.2) is 43.6 Å². The predicted molar refractivity (Wildman–Crippen MR) is 98.3 cm³/mol. The Morgan fingerprint density at radius 2 is 1.82 bits per heavy atom. The van der Waals surface area contributed by atoms with Crippen molar-refractivity contribution < 1.29 is 4.79 Å². The Kier molecular flexibility index (Phi) is 14.7. The van der Waals surface area contributed by atoms with Gasteiger partial charge in [0.2, 0.25) is 0 Å². The van der Waals surface area contributed by atoms with Crippen molar-refractivity contribution >= 4 is 12.5 Å². The molecule has 0 aliphatic carbocycles. The summed E-state index contributed by atoms with van der Waals surface area (Å²) in [5.74, 6) is -0.110. The van der Waals surface area contributed by atoms with Crippen molar-refractivity contribution in [2.75, 3.05) is 26.2 Å². The number of hydrogen-bond donors (Lipinski definition) is 1. The van der Waals surface area contributed by atoms with Crippen LogP contribution in [0.15, 0.2) is 40.7 Å². The highest BCUT2D eigenvalue weighted by molar-refractivity contribution is 6.10. The van der Waals surface area contributed by atoms with Crippen molar-refractivity contribution in [3.8, 4) is 0 Å². The molecule has 0 aromatic rings. The first-order chi connectivity index (χ1) is 10.5. The van der Waals surface area contributed by atoms with E-state index in [0.717, 1.165) is 31.9 Å². The van der Waals surface area contributed by atoms with Gasteiger partial charge < -0.3 is 10.2 Å². The molecule has 22 heavy (non-hydrogen) atoms. The number of Topliss-reactive ketones (excluding diaryl/α,β-unsaturated/α-hetero) is 1. The van der Waals surface area contributed by atoms with Crippen LogP contribution in [0.1, 0.15) is 41.5 Å². The minimum atomic E-state index is -0.110. The lowest BCUT2D eigenvalue weighted by Gasteiger charge is -2.19. The lowest BCUT2D eigenvalue weighted by molar-refractivity contribution is -0.112. The lowest BCUT2D eigenvalue weighted by atomic mass is 10.0. The van der Waals surface area contributed by atoms with E-state index < -0.39 is 0 Å². The number of allylic oxidation sites excluding steroid dienone is 3. The molecule has 0 aromatic carbocycles. The highest BCUT2D eigenvalue weighted by atomic mass is 16.1. The first-order valence-corrected chi connectivity index (χ1v) is 8.00. The normalized spacial score (nSPS) is 11.6. The van der Waals surface area contributed by atoms with E-state index in [9.17, 15) is 4.79 Å². The summed E-state index contributed by atoms with van der Waals surface area (Å²) in [6.45, 7) is 22.9. The molecule has 0 aliphatic rings. The summed E-state index contributed by atoms with van der Waals surface area (Å²) in [6, 6.07) is 0. The maximum absolute atomic E-state index is 12.1. The molecule has 0 aromatic heterocycles. The Labute approximate surface area is 136 Å². The zero-order valence-electron chi connectivity index (χ0n) is 15.2. The number of nitrogens with zero attached hydrogens (tertiary/aromatic N) is 2. The predicted octanol–water partition coefficient (Wildman–Crippen LogP) is 3.58. The van der Waals surface area contributed by atoms with Gasteiger partial charge >= 0.3 is 0 Å². The maximum Gasteiger partial charge on any atom is 0.191 e. The molecule has 4 nitrogen and oxygen atoms in total. The van der Waals surface area contributed by atoms with Gasteiger partial charge in [-0.05, 0) is 33.7 Å². The molecule has 0 unspecified atom stereocenters. The van der Waals surface area contributed by atoms with Gasteiger partial charge in [-0.3, -0.25) is 9.79 Å². The molecular weight excluding hydrogens is 274 g/mol. The second kappa shape index (κ2) is 14.3. The van der Waals surface area contributed by atoms with Crippen molar-refractivity contribution in [1.82, 2.24) is 10.2 Å². The average molecular weight is 307 g/mol. The monoisotopic (exact) mass is 307 g/mol. The van der Waals surface area contributed by atoms with E-state index >= 15 is 0 Å². The van der Waals surface area contributed by atoms with Gasteiger partial charge in [-0.1, -0.05) is 40.3 Å². The Hall–Kier alpha value is -1.68. The summed E-state index contributed by atoms with van der Waals surface area (Å²) in [7, 11) is 0. The van der Waals surface area contributed by atoms with Gasteiger partial charge in [0.1, 0.15) is 0 Å². The highest BCUT2D eigenvalue weighted by Crippen LogP contribution is 2.11. The Balaban J connectivity index is 0. The second-order valence-electron chi connectivity index (χ2n) is 4.46. The van der Waals surface area contributed by atoms with Crippen LogP contribution in [0.3, 0.4) is 0 Å². The van der Waals surface area contributed by atoms with Crippen molar-refractivity contribution in [3.05, 3.63) is 35.7 Å². The number of likely N-dealkylation sites (N-methyl/N-ethyl adjacent to an activating group) is 1. The van der Waals surface area contributed by atoms with Crippen molar-refractivity contribution in [3.63, 3.8) is 0 Å². The van der Waals surface area contributed by atoms with Crippen molar-refractivity contribution in [1.29, 1.82) is 0 Å². The molecule has 0 aliphatic heterocycles. The largest absolute Gasteiger partial charge is 0.383 e. The molecule has 0 atom stereocenters. The fourth-order valence-corrected chi connectivity index (χ4v) is 1.83. The van der Waals surface area contributed by atoms with E-state index in [1.807, 2.05) is 26.8 Å². The molecule has 0 bridgehead atoms. The van der Waals surface area contributed by atoms with Gasteiger partial charge in [0.15, 0.2) is 5.78 Å². The third kappa shape index (κ3) is 8.57. The molecule has 0 spiro atoms. The number of ketones is 1. The van der Waals surface area contributed by atoms with Gasteiger partial charge in [0.25, 0.3) is 0 Å². The van der Waals surface area contributed by atoms with Crippen LogP contribution in [0.25, 0.3) is 0 Å². The first-order valence-electron chi connectivity index (χ1n) is 8.00. The van der Waals surface area contributed by atoms with Gasteiger partial charge in [0.05, 0.1) is 0 Å². The Morgan fingerprint density at radius 1 is 1.27 bits per heavy atom. The SMILES string of the molecule is C=N/C=C(\C)C(=O)C(=C)/C(=C\C)NCCN(CC)CC.CC. The summed E-state index contributed by atoms with van der Waals surface area (Å²) in [5.41, 5.74) is 1.78. The number of nitrogens with one attached hydrogen (secondary N) is 1. The van der Waals surface area contributed by atoms with Crippen LogP contribution in [-0.2, 0) is 4.79 Å². The molecule has 0 fully saturated rings. The van der Waals surface area contributed by atoms with Crippen LogP contribution < -0.4 is 5.32 Å². The zero-order chi connectivity index (χ0) is 17.5. The van der Waals surface area contributed by atoms with Crippen LogP contribution >= 0.6 is 0 Å². The molecular formula is C18H33N3O. The fourth-order valence-electron chi connectivity index (χ4n) is 1.83. The van der Waals surface area contributed by atoms with Crippen LogP contribution in [0, 0.1) is 0 Å². The van der Waals surface area contributed by atoms with Crippen LogP contribution in [0.4, 0.5) is 0 Å². The molecule has 4 heteroatoms. The zero-order valence-corrected chi connectivity index (χ0v) is 15.2. The molecule has 0 heterocycles. The third-order valence-electron chi connectivity index (χ3n) is 3.17. The standard InChI is InChI=1S/C16H27N3O.C2H6/c1-7-15(18-10-11-19(8-2)9-3)14(5)16(20)13(4)12-17-6;1-2/h7,12,18H,5-6,8-11H2,1-4H3;1-2H3/b13-12+,15-7+;. The van der Waals surface area contributed by atoms with Gasteiger partial charge in [-0.25, -0.2) is 0 Å². The Bertz CT molecular complexity index is 405. The summed E-state index contributed by atoms with van der Waals surface area (Å²) >= 11 is 0. The minimum Gasteiger partial charge on any atom is -0.383 e. The number of carbonyl (C=O) groups is 1. The summed E-state index contributed by atoms with van der Waals surface area (Å²) in [4.78, 5) is 18.0. The number of hydrogen-bond acceptors (Lipinski definition) is 4. The van der Waals surface area contributed by atoms with Crippen molar-refractivity contribution in [2.45, 2.75) is 41.5 Å². The van der Waals surface area contributed by atoms with Gasteiger partial charge in [0, 0.05) is 36.1 Å². The summed E-state index contributed by atoms with van der Waals surface area (Å²) in [6.07, 6.45) is 3.33. The molecule has 0 amide bonds. The number of carbonyl (C=O) groups excluding carboxylic acids is 1. The third-order valence-corrected chi connectivity index (χ3v) is 3.17. The van der Waals surface area contributed by atoms with Gasteiger partial charge in [-0.15, -0.1) is 0 Å². The van der Waals surface area contributed by atoms with E-state index in [1.165, 1.54) is 6.20 Å². The van der Waals surface area contributed by atoms with E-state index in [0.29, 0.717) is 11.1 Å². The average Bonchev–Trinajstić information content (AvgIpc) is 2.56. The quantitative estimate of drug-likeness (QED) is 0.381. The molecule has 0 rings (SSSR count). The van der Waals surface area contributed by atoms with Gasteiger partial charge in [-0.2, -0.15) is 0 Å².